The van der Waals surface area contributed by atoms with Crippen molar-refractivity contribution in [1.29, 1.82) is 0 Å². The van der Waals surface area contributed by atoms with Crippen LogP contribution in [0, 0.1) is 27.9 Å². The zero-order chi connectivity index (χ0) is 21.0. The maximum atomic E-state index is 13.1. The number of carbonyl (C=O) groups excluding carboxylic acids is 1. The van der Waals surface area contributed by atoms with Crippen LogP contribution >= 0.6 is 0 Å². The number of rotatable bonds is 6. The smallest absolute Gasteiger partial charge is 0.320 e. The van der Waals surface area contributed by atoms with E-state index in [4.69, 9.17) is 0 Å². The third kappa shape index (κ3) is 3.11. The lowest BCUT2D eigenvalue weighted by Gasteiger charge is -2.56. The van der Waals surface area contributed by atoms with Crippen LogP contribution in [0.25, 0.3) is 0 Å². The summed E-state index contributed by atoms with van der Waals surface area (Å²) in [5.74, 6) is 1.65. The molecule has 30 heavy (non-hydrogen) atoms. The normalized spacial score (nSPS) is 29.3. The van der Waals surface area contributed by atoms with Crippen molar-refractivity contribution in [3.05, 3.63) is 40.0 Å². The fraction of sp³-hybridized carbons (Fsp3) is 0.667. The van der Waals surface area contributed by atoms with Gasteiger partial charge in [0.25, 0.3) is 5.91 Å². The van der Waals surface area contributed by atoms with Crippen molar-refractivity contribution in [3.8, 4) is 0 Å². The van der Waals surface area contributed by atoms with Gasteiger partial charge < -0.3 is 4.90 Å². The van der Waals surface area contributed by atoms with Gasteiger partial charge in [0.15, 0.2) is 0 Å². The minimum Gasteiger partial charge on any atom is -0.336 e. The van der Waals surface area contributed by atoms with E-state index in [9.17, 15) is 14.9 Å². The first-order valence-corrected chi connectivity index (χ1v) is 10.9. The summed E-state index contributed by atoms with van der Waals surface area (Å²) in [4.78, 5) is 25.9. The van der Waals surface area contributed by atoms with E-state index in [0.29, 0.717) is 24.3 Å². The van der Waals surface area contributed by atoms with Gasteiger partial charge in [-0.05, 0) is 63.2 Å². The number of hydrogen-bond donors (Lipinski definition) is 0. The molecule has 0 aliphatic heterocycles. The Morgan fingerprint density at radius 1 is 1.23 bits per heavy atom. The minimum atomic E-state index is -0.472. The van der Waals surface area contributed by atoms with Crippen LogP contribution in [0.5, 0.6) is 0 Å². The number of aryl methyl sites for hydroxylation is 1. The first-order valence-electron chi connectivity index (χ1n) is 10.9. The second-order valence-electron chi connectivity index (χ2n) is 9.57. The Morgan fingerprint density at radius 3 is 2.40 bits per heavy atom. The summed E-state index contributed by atoms with van der Waals surface area (Å²) in [5, 5.41) is 20.6. The molecule has 0 N–H and O–H groups in total. The third-order valence-corrected chi connectivity index (χ3v) is 7.36. The molecule has 0 unspecified atom stereocenters. The number of nitrogens with zero attached hydrogens (tertiary/aromatic N) is 6. The summed E-state index contributed by atoms with van der Waals surface area (Å²) in [6.45, 7) is 3.07. The van der Waals surface area contributed by atoms with Crippen molar-refractivity contribution in [2.24, 2.45) is 17.8 Å². The van der Waals surface area contributed by atoms with Crippen molar-refractivity contribution in [3.63, 3.8) is 0 Å². The lowest BCUT2D eigenvalue weighted by Crippen LogP contribution is -2.52. The van der Waals surface area contributed by atoms with Crippen LogP contribution in [0.4, 0.5) is 5.69 Å². The molecule has 4 fully saturated rings. The Morgan fingerprint density at radius 2 is 1.87 bits per heavy atom. The molecule has 160 valence electrons. The molecule has 2 aromatic heterocycles. The van der Waals surface area contributed by atoms with Gasteiger partial charge >= 0.3 is 5.69 Å². The molecule has 4 aliphatic rings. The molecule has 0 saturated heterocycles. The Kier molecular flexibility index (Phi) is 4.44. The molecular formula is C21H28N6O3. The molecule has 9 nitrogen and oxygen atoms in total. The van der Waals surface area contributed by atoms with Gasteiger partial charge in [-0.3, -0.25) is 24.3 Å². The molecule has 4 bridgehead atoms. The summed E-state index contributed by atoms with van der Waals surface area (Å²) >= 11 is 0. The summed E-state index contributed by atoms with van der Waals surface area (Å²) in [7, 11) is 1.65. The molecule has 6 rings (SSSR count). The van der Waals surface area contributed by atoms with Gasteiger partial charge in [-0.15, -0.1) is 0 Å². The largest absolute Gasteiger partial charge is 0.336 e. The van der Waals surface area contributed by atoms with Crippen molar-refractivity contribution in [2.45, 2.75) is 64.1 Å². The van der Waals surface area contributed by atoms with Gasteiger partial charge in [-0.2, -0.15) is 10.2 Å². The van der Waals surface area contributed by atoms with Gasteiger partial charge in [-0.1, -0.05) is 0 Å². The number of nitro groups is 1. The number of amides is 1. The highest BCUT2D eigenvalue weighted by Crippen LogP contribution is 2.58. The molecule has 1 amide bonds. The maximum Gasteiger partial charge on any atom is 0.320 e. The van der Waals surface area contributed by atoms with Gasteiger partial charge in [0.05, 0.1) is 16.7 Å². The lowest BCUT2D eigenvalue weighted by atomic mass is 9.53. The first kappa shape index (κ1) is 19.3. The highest BCUT2D eigenvalue weighted by Gasteiger charge is 2.53. The topological polar surface area (TPSA) is 99.1 Å². The molecule has 4 saturated carbocycles. The zero-order valence-electron chi connectivity index (χ0n) is 17.5. The molecular weight excluding hydrogens is 384 g/mol. The fourth-order valence-electron chi connectivity index (χ4n) is 6.43. The predicted molar refractivity (Wildman–Crippen MR) is 109 cm³/mol. The number of hydrogen-bond acceptors (Lipinski definition) is 5. The Hall–Kier alpha value is -2.71. The molecule has 2 heterocycles. The van der Waals surface area contributed by atoms with Gasteiger partial charge in [-0.25, -0.2) is 0 Å². The number of carbonyl (C=O) groups is 1. The second-order valence-corrected chi connectivity index (χ2v) is 9.57. The highest BCUT2D eigenvalue weighted by atomic mass is 16.6. The average molecular weight is 412 g/mol. The van der Waals surface area contributed by atoms with E-state index in [1.54, 1.807) is 22.6 Å². The third-order valence-electron chi connectivity index (χ3n) is 7.36. The van der Waals surface area contributed by atoms with Crippen LogP contribution in [0.1, 0.15) is 61.5 Å². The van der Waals surface area contributed by atoms with Crippen LogP contribution < -0.4 is 0 Å². The van der Waals surface area contributed by atoms with E-state index >= 15 is 0 Å². The second kappa shape index (κ2) is 6.92. The van der Waals surface area contributed by atoms with Crippen LogP contribution in [-0.2, 0) is 18.6 Å². The highest BCUT2D eigenvalue weighted by molar-refractivity contribution is 5.95. The van der Waals surface area contributed by atoms with E-state index in [2.05, 4.69) is 10.2 Å². The molecule has 4 aliphatic carbocycles. The predicted octanol–water partition coefficient (Wildman–Crippen LogP) is 3.21. The molecule has 0 spiro atoms. The minimum absolute atomic E-state index is 0.0545. The van der Waals surface area contributed by atoms with Crippen molar-refractivity contribution >= 4 is 11.6 Å². The molecule has 2 aromatic rings. The van der Waals surface area contributed by atoms with Gasteiger partial charge in [0.2, 0.25) is 5.69 Å². The lowest BCUT2D eigenvalue weighted by molar-refractivity contribution is -0.385. The van der Waals surface area contributed by atoms with Crippen molar-refractivity contribution in [1.82, 2.24) is 24.5 Å². The Balaban J connectivity index is 1.43. The summed E-state index contributed by atoms with van der Waals surface area (Å²) in [6.07, 6.45) is 12.0. The van der Waals surface area contributed by atoms with E-state index in [1.807, 2.05) is 13.1 Å². The van der Waals surface area contributed by atoms with E-state index in [0.717, 1.165) is 31.4 Å². The fourth-order valence-corrected chi connectivity index (χ4v) is 6.43. The number of aromatic nitrogens is 4. The van der Waals surface area contributed by atoms with Crippen LogP contribution in [-0.4, -0.2) is 42.3 Å². The first-order chi connectivity index (χ1) is 14.4. The van der Waals surface area contributed by atoms with Crippen LogP contribution in [0.15, 0.2) is 18.6 Å². The van der Waals surface area contributed by atoms with E-state index in [-0.39, 0.29) is 16.9 Å². The average Bonchev–Trinajstić information content (AvgIpc) is 3.33. The van der Waals surface area contributed by atoms with E-state index < -0.39 is 10.8 Å². The summed E-state index contributed by atoms with van der Waals surface area (Å²) in [6, 6.07) is 0. The van der Waals surface area contributed by atoms with Gasteiger partial charge in [0.1, 0.15) is 6.20 Å². The summed E-state index contributed by atoms with van der Waals surface area (Å²) < 4.78 is 3.59. The van der Waals surface area contributed by atoms with Crippen molar-refractivity contribution in [2.75, 3.05) is 7.05 Å². The summed E-state index contributed by atoms with van der Waals surface area (Å²) in [5.41, 5.74) is 0.489. The van der Waals surface area contributed by atoms with Crippen molar-refractivity contribution < 1.29 is 9.72 Å². The Labute approximate surface area is 175 Å². The molecule has 0 radical (unpaired) electrons. The molecule has 9 heteroatoms. The standard InChI is InChI=1S/C21H28N6O3/c1-3-25-12-17(10-22-25)11-24(2)20(28)19-18(27(29)30)13-26(23-19)21-7-14-4-15(8-21)6-16(5-14)9-21/h10,12-16H,3-9,11H2,1-2H3. The van der Waals surface area contributed by atoms with E-state index in [1.165, 1.54) is 30.4 Å². The Bertz CT molecular complexity index is 957. The van der Waals surface area contributed by atoms with Gasteiger partial charge in [0, 0.05) is 31.9 Å². The quantitative estimate of drug-likeness (QED) is 0.536. The van der Waals surface area contributed by atoms with Crippen LogP contribution in [0.2, 0.25) is 0 Å². The molecule has 0 atom stereocenters. The SMILES string of the molecule is CCn1cc(CN(C)C(=O)c2nn(C34CC5CC(CC(C5)C3)C4)cc2[N+](=O)[O-])cn1. The molecule has 0 aromatic carbocycles. The zero-order valence-corrected chi connectivity index (χ0v) is 17.5. The van der Waals surface area contributed by atoms with Crippen LogP contribution in [0.3, 0.4) is 0 Å². The maximum absolute atomic E-state index is 13.1. The monoisotopic (exact) mass is 412 g/mol.